The number of ether oxygens (including phenoxy) is 1. The number of imidazole rings is 1. The number of likely N-dealkylation sites (tertiary alicyclic amines) is 1. The van der Waals surface area contributed by atoms with E-state index >= 15 is 0 Å². The number of nitrogens with zero attached hydrogens (tertiary/aromatic N) is 3. The number of aromatic nitrogens is 2. The van der Waals surface area contributed by atoms with Crippen LogP contribution in [0.4, 0.5) is 4.79 Å². The molecular weight excluding hydrogens is 448 g/mol. The van der Waals surface area contributed by atoms with E-state index < -0.39 is 0 Å². The topological polar surface area (TPSA) is 61.5 Å². The number of urea groups is 1. The Morgan fingerprint density at radius 3 is 2.31 bits per heavy atom. The summed E-state index contributed by atoms with van der Waals surface area (Å²) in [6.07, 6.45) is 3.43. The van der Waals surface area contributed by atoms with E-state index in [-0.39, 0.29) is 6.03 Å². The van der Waals surface area contributed by atoms with E-state index in [1.54, 1.807) is 0 Å². The fourth-order valence-corrected chi connectivity index (χ4v) is 5.03. The SMILES string of the molecule is Cc1nc2ccc(-c3cc(C)c4c(c3)CN(C(=O)N3CCCCC3)CCO4)cc2[nH]1.c1ccccc1. The van der Waals surface area contributed by atoms with Crippen molar-refractivity contribution in [2.24, 2.45) is 0 Å². The zero-order valence-corrected chi connectivity index (χ0v) is 21.2. The fraction of sp³-hybridized carbons (Fsp3) is 0.333. The van der Waals surface area contributed by atoms with E-state index in [2.05, 4.69) is 47.2 Å². The molecule has 6 nitrogen and oxygen atoms in total. The van der Waals surface area contributed by atoms with E-state index in [1.807, 2.05) is 53.1 Å². The van der Waals surface area contributed by atoms with Crippen molar-refractivity contribution in [2.45, 2.75) is 39.7 Å². The van der Waals surface area contributed by atoms with Gasteiger partial charge in [0.1, 0.15) is 18.2 Å². The van der Waals surface area contributed by atoms with Crippen LogP contribution in [0.3, 0.4) is 0 Å². The predicted molar refractivity (Wildman–Crippen MR) is 144 cm³/mol. The van der Waals surface area contributed by atoms with Gasteiger partial charge in [-0.3, -0.25) is 0 Å². The van der Waals surface area contributed by atoms with E-state index in [9.17, 15) is 4.79 Å². The number of carbonyl (C=O) groups is 1. The van der Waals surface area contributed by atoms with Crippen molar-refractivity contribution in [2.75, 3.05) is 26.2 Å². The molecule has 2 aliphatic heterocycles. The summed E-state index contributed by atoms with van der Waals surface area (Å²) in [6, 6.07) is 22.8. The van der Waals surface area contributed by atoms with E-state index in [0.29, 0.717) is 19.7 Å². The number of nitrogens with one attached hydrogen (secondary N) is 1. The Morgan fingerprint density at radius 2 is 1.58 bits per heavy atom. The molecule has 0 atom stereocenters. The average Bonchev–Trinajstić information content (AvgIpc) is 3.15. The quantitative estimate of drug-likeness (QED) is 0.345. The van der Waals surface area contributed by atoms with Crippen LogP contribution >= 0.6 is 0 Å². The van der Waals surface area contributed by atoms with Crippen LogP contribution in [-0.4, -0.2) is 52.0 Å². The molecule has 2 amide bonds. The normalized spacial score (nSPS) is 15.4. The molecule has 2 aliphatic rings. The molecular formula is C30H34N4O2. The van der Waals surface area contributed by atoms with Crippen molar-refractivity contribution in [1.82, 2.24) is 19.8 Å². The number of carbonyl (C=O) groups excluding carboxylic acids is 1. The van der Waals surface area contributed by atoms with Crippen LogP contribution in [-0.2, 0) is 6.54 Å². The third kappa shape index (κ3) is 5.38. The van der Waals surface area contributed by atoms with Gasteiger partial charge < -0.3 is 19.5 Å². The van der Waals surface area contributed by atoms with Gasteiger partial charge in [-0.25, -0.2) is 9.78 Å². The van der Waals surface area contributed by atoms with E-state index in [0.717, 1.165) is 70.8 Å². The zero-order valence-electron chi connectivity index (χ0n) is 21.2. The summed E-state index contributed by atoms with van der Waals surface area (Å²) >= 11 is 0. The minimum Gasteiger partial charge on any atom is -0.491 e. The lowest BCUT2D eigenvalue weighted by Crippen LogP contribution is -2.45. The minimum absolute atomic E-state index is 0.142. The summed E-state index contributed by atoms with van der Waals surface area (Å²) in [7, 11) is 0. The number of H-pyrrole nitrogens is 1. The van der Waals surface area contributed by atoms with Gasteiger partial charge in [-0.05, 0) is 74.1 Å². The molecule has 4 aromatic rings. The number of hydrogen-bond acceptors (Lipinski definition) is 3. The van der Waals surface area contributed by atoms with Crippen LogP contribution < -0.4 is 4.74 Å². The van der Waals surface area contributed by atoms with Crippen LogP contribution in [0.5, 0.6) is 5.75 Å². The summed E-state index contributed by atoms with van der Waals surface area (Å²) in [4.78, 5) is 24.9. The van der Waals surface area contributed by atoms with Gasteiger partial charge in [-0.2, -0.15) is 0 Å². The Bertz CT molecular complexity index is 1300. The lowest BCUT2D eigenvalue weighted by atomic mass is 9.98. The summed E-state index contributed by atoms with van der Waals surface area (Å²) in [5, 5.41) is 0. The first-order chi connectivity index (χ1) is 17.6. The summed E-state index contributed by atoms with van der Waals surface area (Å²) in [6.45, 7) is 7.54. The first kappa shape index (κ1) is 23.9. The van der Waals surface area contributed by atoms with Crippen molar-refractivity contribution >= 4 is 17.1 Å². The average molecular weight is 483 g/mol. The molecule has 3 heterocycles. The second-order valence-electron chi connectivity index (χ2n) is 9.59. The first-order valence-corrected chi connectivity index (χ1v) is 12.9. The summed E-state index contributed by atoms with van der Waals surface area (Å²) < 4.78 is 6.08. The highest BCUT2D eigenvalue weighted by Crippen LogP contribution is 2.34. The van der Waals surface area contributed by atoms with Gasteiger partial charge in [0, 0.05) is 18.7 Å². The fourth-order valence-electron chi connectivity index (χ4n) is 5.03. The number of hydrogen-bond donors (Lipinski definition) is 1. The number of aromatic amines is 1. The molecule has 0 aliphatic carbocycles. The van der Waals surface area contributed by atoms with Crippen LogP contribution in [0.1, 0.15) is 36.2 Å². The molecule has 3 aromatic carbocycles. The Hall–Kier alpha value is -3.80. The van der Waals surface area contributed by atoms with Crippen LogP contribution in [0.2, 0.25) is 0 Å². The zero-order chi connectivity index (χ0) is 24.9. The maximum absolute atomic E-state index is 13.1. The monoisotopic (exact) mass is 482 g/mol. The number of benzene rings is 3. The lowest BCUT2D eigenvalue weighted by Gasteiger charge is -2.32. The van der Waals surface area contributed by atoms with Crippen molar-refractivity contribution in [3.63, 3.8) is 0 Å². The molecule has 6 rings (SSSR count). The first-order valence-electron chi connectivity index (χ1n) is 12.9. The summed E-state index contributed by atoms with van der Waals surface area (Å²) in [5.41, 5.74) is 6.47. The van der Waals surface area contributed by atoms with Crippen LogP contribution in [0, 0.1) is 13.8 Å². The van der Waals surface area contributed by atoms with Gasteiger partial charge >= 0.3 is 6.03 Å². The van der Waals surface area contributed by atoms with E-state index in [4.69, 9.17) is 4.74 Å². The van der Waals surface area contributed by atoms with E-state index in [1.165, 1.54) is 6.42 Å². The highest BCUT2D eigenvalue weighted by atomic mass is 16.5. The third-order valence-electron chi connectivity index (χ3n) is 6.82. The molecule has 1 saturated heterocycles. The molecule has 6 heteroatoms. The van der Waals surface area contributed by atoms with Crippen molar-refractivity contribution < 1.29 is 9.53 Å². The van der Waals surface area contributed by atoms with Crippen molar-refractivity contribution in [3.8, 4) is 16.9 Å². The molecule has 0 spiro atoms. The maximum Gasteiger partial charge on any atom is 0.320 e. The highest BCUT2D eigenvalue weighted by molar-refractivity contribution is 5.82. The lowest BCUT2D eigenvalue weighted by molar-refractivity contribution is 0.137. The van der Waals surface area contributed by atoms with Crippen molar-refractivity contribution in [1.29, 1.82) is 0 Å². The van der Waals surface area contributed by atoms with Crippen LogP contribution in [0.25, 0.3) is 22.2 Å². The standard InChI is InChI=1S/C24H28N4O2.C6H6/c1-16-12-19(18-6-7-21-22(14-18)26-17(2)25-21)13-20-15-28(10-11-30-23(16)20)24(29)27-8-4-3-5-9-27;1-2-4-6-5-3-1/h6-7,12-14H,3-5,8-11,15H2,1-2H3,(H,25,26);1-6H. The van der Waals surface area contributed by atoms with Gasteiger partial charge in [0.05, 0.1) is 24.1 Å². The smallest absolute Gasteiger partial charge is 0.320 e. The van der Waals surface area contributed by atoms with Gasteiger partial charge in [0.25, 0.3) is 0 Å². The molecule has 1 aromatic heterocycles. The Balaban J connectivity index is 0.000000391. The molecule has 0 radical (unpaired) electrons. The Morgan fingerprint density at radius 1 is 0.861 bits per heavy atom. The second kappa shape index (κ2) is 10.9. The summed E-state index contributed by atoms with van der Waals surface area (Å²) in [5.74, 6) is 1.84. The molecule has 1 N–H and O–H groups in total. The maximum atomic E-state index is 13.1. The number of piperidine rings is 1. The molecule has 186 valence electrons. The van der Waals surface area contributed by atoms with Gasteiger partial charge in [-0.1, -0.05) is 42.5 Å². The minimum atomic E-state index is 0.142. The number of aryl methyl sites for hydroxylation is 2. The molecule has 0 saturated carbocycles. The van der Waals surface area contributed by atoms with Gasteiger partial charge in [-0.15, -0.1) is 0 Å². The van der Waals surface area contributed by atoms with Gasteiger partial charge in [0.2, 0.25) is 0 Å². The van der Waals surface area contributed by atoms with Gasteiger partial charge in [0.15, 0.2) is 0 Å². The molecule has 36 heavy (non-hydrogen) atoms. The number of fused-ring (bicyclic) bond motifs is 2. The van der Waals surface area contributed by atoms with Crippen molar-refractivity contribution in [3.05, 3.63) is 83.7 Å². The largest absolute Gasteiger partial charge is 0.491 e. The Labute approximate surface area is 212 Å². The predicted octanol–water partition coefficient (Wildman–Crippen LogP) is 6.33. The highest BCUT2D eigenvalue weighted by Gasteiger charge is 2.26. The second-order valence-corrected chi connectivity index (χ2v) is 9.59. The molecule has 1 fully saturated rings. The molecule has 0 bridgehead atoms. The number of rotatable bonds is 1. The third-order valence-corrected chi connectivity index (χ3v) is 6.82. The van der Waals surface area contributed by atoms with Crippen LogP contribution in [0.15, 0.2) is 66.7 Å². The number of amides is 2. The Kier molecular flexibility index (Phi) is 7.21. The molecule has 0 unspecified atom stereocenters.